The first-order valence-electron chi connectivity index (χ1n) is 4.67. The molecule has 1 rings (SSSR count). The summed E-state index contributed by atoms with van der Waals surface area (Å²) in [5.74, 6) is -0.224. The molecule has 1 aromatic rings. The van der Waals surface area contributed by atoms with Crippen molar-refractivity contribution in [2.45, 2.75) is 20.3 Å². The molecule has 0 aliphatic carbocycles. The van der Waals surface area contributed by atoms with Crippen LogP contribution in [0.2, 0.25) is 0 Å². The number of rotatable bonds is 3. The van der Waals surface area contributed by atoms with E-state index in [1.54, 1.807) is 17.1 Å². The van der Waals surface area contributed by atoms with Crippen molar-refractivity contribution in [2.75, 3.05) is 12.1 Å². The Morgan fingerprint density at radius 1 is 1.36 bits per heavy atom. The molecule has 0 fully saturated rings. The fourth-order valence-corrected chi connectivity index (χ4v) is 1.04. The van der Waals surface area contributed by atoms with Gasteiger partial charge >= 0.3 is 0 Å². The van der Waals surface area contributed by atoms with Gasteiger partial charge in [-0.3, -0.25) is 5.01 Å². The van der Waals surface area contributed by atoms with Crippen LogP contribution in [-0.2, 0) is 0 Å². The fraction of sp³-hybridized carbons (Fsp3) is 0.364. The summed E-state index contributed by atoms with van der Waals surface area (Å²) >= 11 is 0. The molecular weight excluding hydrogens is 179 g/mol. The SMILES string of the molecule is CCC(C)=NN(C)c1ccc(F)cc1. The van der Waals surface area contributed by atoms with Crippen molar-refractivity contribution < 1.29 is 4.39 Å². The second kappa shape index (κ2) is 4.74. The molecule has 0 amide bonds. The molecule has 76 valence electrons. The zero-order valence-electron chi connectivity index (χ0n) is 8.79. The Labute approximate surface area is 84.0 Å². The molecule has 14 heavy (non-hydrogen) atoms. The summed E-state index contributed by atoms with van der Waals surface area (Å²) in [5.41, 5.74) is 1.94. The van der Waals surface area contributed by atoms with E-state index in [-0.39, 0.29) is 5.82 Å². The van der Waals surface area contributed by atoms with Gasteiger partial charge < -0.3 is 0 Å². The second-order valence-corrected chi connectivity index (χ2v) is 3.19. The minimum atomic E-state index is -0.224. The van der Waals surface area contributed by atoms with Crippen LogP contribution in [0.1, 0.15) is 20.3 Å². The van der Waals surface area contributed by atoms with Gasteiger partial charge in [0.2, 0.25) is 0 Å². The first kappa shape index (κ1) is 10.7. The van der Waals surface area contributed by atoms with Crippen molar-refractivity contribution in [3.8, 4) is 0 Å². The minimum Gasteiger partial charge on any atom is -0.269 e. The van der Waals surface area contributed by atoms with E-state index in [2.05, 4.69) is 12.0 Å². The first-order valence-corrected chi connectivity index (χ1v) is 4.67. The monoisotopic (exact) mass is 194 g/mol. The van der Waals surface area contributed by atoms with E-state index >= 15 is 0 Å². The van der Waals surface area contributed by atoms with E-state index in [1.807, 2.05) is 14.0 Å². The number of hydrazone groups is 1. The summed E-state index contributed by atoms with van der Waals surface area (Å²) in [4.78, 5) is 0. The van der Waals surface area contributed by atoms with Crippen LogP contribution in [0.4, 0.5) is 10.1 Å². The molecule has 0 aromatic heterocycles. The molecule has 1 aromatic carbocycles. The van der Waals surface area contributed by atoms with Crippen molar-refractivity contribution >= 4 is 11.4 Å². The Bertz CT molecular complexity index is 317. The zero-order chi connectivity index (χ0) is 10.6. The maximum atomic E-state index is 12.6. The first-order chi connectivity index (χ1) is 6.63. The van der Waals surface area contributed by atoms with Gasteiger partial charge in [0.25, 0.3) is 0 Å². The largest absolute Gasteiger partial charge is 0.269 e. The van der Waals surface area contributed by atoms with Crippen LogP contribution in [-0.4, -0.2) is 12.8 Å². The number of hydrogen-bond acceptors (Lipinski definition) is 2. The van der Waals surface area contributed by atoms with Crippen molar-refractivity contribution in [1.29, 1.82) is 0 Å². The van der Waals surface area contributed by atoms with E-state index in [1.165, 1.54) is 12.1 Å². The molecule has 0 spiro atoms. The normalized spacial score (nSPS) is 11.6. The van der Waals surface area contributed by atoms with E-state index in [9.17, 15) is 4.39 Å². The highest BCUT2D eigenvalue weighted by Gasteiger charge is 1.98. The van der Waals surface area contributed by atoms with Gasteiger partial charge in [-0.15, -0.1) is 0 Å². The predicted molar refractivity (Wildman–Crippen MR) is 58.2 cm³/mol. The van der Waals surface area contributed by atoms with Gasteiger partial charge in [0.15, 0.2) is 0 Å². The number of benzene rings is 1. The van der Waals surface area contributed by atoms with Crippen LogP contribution < -0.4 is 5.01 Å². The molecule has 0 saturated carbocycles. The van der Waals surface area contributed by atoms with Gasteiger partial charge in [0.05, 0.1) is 5.69 Å². The van der Waals surface area contributed by atoms with Gasteiger partial charge in [0, 0.05) is 12.8 Å². The lowest BCUT2D eigenvalue weighted by Crippen LogP contribution is -2.11. The van der Waals surface area contributed by atoms with E-state index in [0.29, 0.717) is 0 Å². The number of hydrogen-bond donors (Lipinski definition) is 0. The zero-order valence-corrected chi connectivity index (χ0v) is 8.79. The average molecular weight is 194 g/mol. The lowest BCUT2D eigenvalue weighted by Gasteiger charge is -2.13. The quantitative estimate of drug-likeness (QED) is 0.533. The smallest absolute Gasteiger partial charge is 0.123 e. The third-order valence-corrected chi connectivity index (χ3v) is 2.03. The summed E-state index contributed by atoms with van der Waals surface area (Å²) in [6.07, 6.45) is 0.922. The lowest BCUT2D eigenvalue weighted by atomic mass is 10.3. The molecule has 0 atom stereocenters. The fourth-order valence-electron chi connectivity index (χ4n) is 1.04. The van der Waals surface area contributed by atoms with Crippen LogP contribution >= 0.6 is 0 Å². The van der Waals surface area contributed by atoms with Crippen molar-refractivity contribution in [1.82, 2.24) is 0 Å². The van der Waals surface area contributed by atoms with Crippen molar-refractivity contribution in [3.05, 3.63) is 30.1 Å². The van der Waals surface area contributed by atoms with Gasteiger partial charge in [-0.25, -0.2) is 4.39 Å². The van der Waals surface area contributed by atoms with Gasteiger partial charge in [-0.2, -0.15) is 5.10 Å². The summed E-state index contributed by atoms with van der Waals surface area (Å²) in [6, 6.07) is 6.29. The van der Waals surface area contributed by atoms with Gasteiger partial charge in [-0.1, -0.05) is 6.92 Å². The standard InChI is InChI=1S/C11H15FN2/c1-4-9(2)13-14(3)11-7-5-10(12)6-8-11/h5-8H,4H2,1-3H3. The molecule has 0 aliphatic rings. The Morgan fingerprint density at radius 2 is 1.93 bits per heavy atom. The summed E-state index contributed by atoms with van der Waals surface area (Å²) < 4.78 is 12.6. The molecule has 0 N–H and O–H groups in total. The van der Waals surface area contributed by atoms with Crippen LogP contribution in [0.25, 0.3) is 0 Å². The number of anilines is 1. The molecule has 0 bridgehead atoms. The Balaban J connectivity index is 2.79. The van der Waals surface area contributed by atoms with Crippen LogP contribution in [0, 0.1) is 5.82 Å². The highest BCUT2D eigenvalue weighted by molar-refractivity contribution is 5.82. The molecule has 0 saturated heterocycles. The van der Waals surface area contributed by atoms with Crippen molar-refractivity contribution in [3.63, 3.8) is 0 Å². The van der Waals surface area contributed by atoms with Crippen LogP contribution in [0.5, 0.6) is 0 Å². The molecule has 3 heteroatoms. The summed E-state index contributed by atoms with van der Waals surface area (Å²) in [6.45, 7) is 4.03. The Kier molecular flexibility index (Phi) is 3.63. The average Bonchev–Trinajstić information content (AvgIpc) is 2.18. The molecule has 0 aliphatic heterocycles. The highest BCUT2D eigenvalue weighted by Crippen LogP contribution is 2.13. The topological polar surface area (TPSA) is 15.6 Å². The Morgan fingerprint density at radius 3 is 2.43 bits per heavy atom. The molecule has 0 unspecified atom stereocenters. The minimum absolute atomic E-state index is 0.224. The maximum Gasteiger partial charge on any atom is 0.123 e. The molecular formula is C11H15FN2. The predicted octanol–water partition coefficient (Wildman–Crippen LogP) is 3.05. The number of halogens is 1. The van der Waals surface area contributed by atoms with E-state index < -0.39 is 0 Å². The third kappa shape index (κ3) is 2.83. The second-order valence-electron chi connectivity index (χ2n) is 3.19. The van der Waals surface area contributed by atoms with Gasteiger partial charge in [0.1, 0.15) is 5.82 Å². The summed E-state index contributed by atoms with van der Waals surface area (Å²) in [5, 5.41) is 6.07. The molecule has 2 nitrogen and oxygen atoms in total. The molecule has 0 heterocycles. The third-order valence-electron chi connectivity index (χ3n) is 2.03. The van der Waals surface area contributed by atoms with Crippen LogP contribution in [0.3, 0.4) is 0 Å². The highest BCUT2D eigenvalue weighted by atomic mass is 19.1. The maximum absolute atomic E-state index is 12.6. The lowest BCUT2D eigenvalue weighted by molar-refractivity contribution is 0.627. The van der Waals surface area contributed by atoms with E-state index in [0.717, 1.165) is 17.8 Å². The van der Waals surface area contributed by atoms with E-state index in [4.69, 9.17) is 0 Å². The van der Waals surface area contributed by atoms with Crippen molar-refractivity contribution in [2.24, 2.45) is 5.10 Å². The summed E-state index contributed by atoms with van der Waals surface area (Å²) in [7, 11) is 1.85. The van der Waals surface area contributed by atoms with Gasteiger partial charge in [-0.05, 0) is 37.6 Å². The Hall–Kier alpha value is -1.38. The molecule has 0 radical (unpaired) electrons. The van der Waals surface area contributed by atoms with Crippen LogP contribution in [0.15, 0.2) is 29.4 Å². The number of nitrogens with zero attached hydrogens (tertiary/aromatic N) is 2.